The largest absolute Gasteiger partial charge is 0.378 e. The molecule has 1 aliphatic rings. The Labute approximate surface area is 180 Å². The number of nitrogens with zero attached hydrogens (tertiary/aromatic N) is 7. The molecule has 0 atom stereocenters. The SMILES string of the molecule is Nc1nonc1-n1nnc(CN2CCCC2)c1C(=O)N/N=C/c1ccc(Cl)cc1Cl. The maximum atomic E-state index is 12.9. The van der Waals surface area contributed by atoms with Gasteiger partial charge in [-0.2, -0.15) is 9.78 Å². The van der Waals surface area contributed by atoms with E-state index in [0.29, 0.717) is 27.8 Å². The molecule has 1 saturated heterocycles. The van der Waals surface area contributed by atoms with Crippen LogP contribution in [-0.4, -0.2) is 55.4 Å². The minimum absolute atomic E-state index is 0.0156. The Morgan fingerprint density at radius 3 is 2.80 bits per heavy atom. The monoisotopic (exact) mass is 449 g/mol. The lowest BCUT2D eigenvalue weighted by Crippen LogP contribution is -2.26. The molecular weight excluding hydrogens is 433 g/mol. The molecule has 30 heavy (non-hydrogen) atoms. The van der Waals surface area contributed by atoms with Gasteiger partial charge in [0.2, 0.25) is 11.6 Å². The number of nitrogens with two attached hydrogens (primary N) is 1. The van der Waals surface area contributed by atoms with E-state index in [1.807, 2.05) is 0 Å². The van der Waals surface area contributed by atoms with Crippen LogP contribution in [0.15, 0.2) is 27.9 Å². The standard InChI is InChI=1S/C17H17Cl2N9O2/c18-11-4-3-10(12(19)7-11)8-21-23-17(29)14-13(9-27-5-1-2-6-27)22-26-28(14)16-15(20)24-30-25-16/h3-4,7-8H,1-2,5-6,9H2,(H2,20,24)(H,23,29)/b21-8+. The second-order valence-corrected chi connectivity index (χ2v) is 7.46. The van der Waals surface area contributed by atoms with Crippen molar-refractivity contribution in [3.05, 3.63) is 45.2 Å². The van der Waals surface area contributed by atoms with Crippen LogP contribution in [0.1, 0.15) is 34.6 Å². The van der Waals surface area contributed by atoms with Gasteiger partial charge in [-0.3, -0.25) is 9.69 Å². The zero-order chi connectivity index (χ0) is 21.1. The van der Waals surface area contributed by atoms with E-state index in [1.165, 1.54) is 10.9 Å². The first-order valence-corrected chi connectivity index (χ1v) is 9.82. The lowest BCUT2D eigenvalue weighted by molar-refractivity contribution is 0.0945. The number of anilines is 1. The van der Waals surface area contributed by atoms with Crippen LogP contribution in [0.2, 0.25) is 10.0 Å². The number of halogens is 2. The number of rotatable bonds is 6. The van der Waals surface area contributed by atoms with Gasteiger partial charge >= 0.3 is 0 Å². The summed E-state index contributed by atoms with van der Waals surface area (Å²) in [6, 6.07) is 4.94. The summed E-state index contributed by atoms with van der Waals surface area (Å²) in [5, 5.41) is 20.3. The van der Waals surface area contributed by atoms with Gasteiger partial charge in [-0.15, -0.1) is 5.10 Å². The molecule has 1 aromatic carbocycles. The van der Waals surface area contributed by atoms with Gasteiger partial charge < -0.3 is 5.73 Å². The normalized spacial score (nSPS) is 14.6. The van der Waals surface area contributed by atoms with Crippen molar-refractivity contribution in [2.24, 2.45) is 5.10 Å². The van der Waals surface area contributed by atoms with E-state index in [9.17, 15) is 4.79 Å². The molecule has 3 N–H and O–H groups in total. The van der Waals surface area contributed by atoms with Gasteiger partial charge in [-0.05, 0) is 48.4 Å². The zero-order valence-electron chi connectivity index (χ0n) is 15.6. The van der Waals surface area contributed by atoms with Crippen LogP contribution < -0.4 is 11.2 Å². The number of carbonyl (C=O) groups is 1. The molecule has 11 nitrogen and oxygen atoms in total. The summed E-state index contributed by atoms with van der Waals surface area (Å²) >= 11 is 12.0. The van der Waals surface area contributed by atoms with Crippen molar-refractivity contribution in [2.75, 3.05) is 18.8 Å². The second-order valence-electron chi connectivity index (χ2n) is 6.62. The summed E-state index contributed by atoms with van der Waals surface area (Å²) in [6.07, 6.45) is 3.61. The summed E-state index contributed by atoms with van der Waals surface area (Å²) in [4.78, 5) is 15.1. The van der Waals surface area contributed by atoms with Crippen LogP contribution in [-0.2, 0) is 6.54 Å². The van der Waals surface area contributed by atoms with Gasteiger partial charge in [0, 0.05) is 17.1 Å². The topological polar surface area (TPSA) is 140 Å². The van der Waals surface area contributed by atoms with Crippen molar-refractivity contribution in [3.8, 4) is 5.82 Å². The maximum absolute atomic E-state index is 12.9. The number of hydrogen-bond acceptors (Lipinski definition) is 9. The van der Waals surface area contributed by atoms with Crippen molar-refractivity contribution < 1.29 is 9.42 Å². The van der Waals surface area contributed by atoms with Crippen LogP contribution >= 0.6 is 23.2 Å². The lowest BCUT2D eigenvalue weighted by atomic mass is 10.2. The number of likely N-dealkylation sites (tertiary alicyclic amines) is 1. The summed E-state index contributed by atoms with van der Waals surface area (Å²) in [5.41, 5.74) is 9.43. The fourth-order valence-corrected chi connectivity index (χ4v) is 3.56. The van der Waals surface area contributed by atoms with E-state index in [1.54, 1.807) is 18.2 Å². The van der Waals surface area contributed by atoms with E-state index in [-0.39, 0.29) is 17.3 Å². The minimum Gasteiger partial charge on any atom is -0.378 e. The van der Waals surface area contributed by atoms with Crippen molar-refractivity contribution in [1.29, 1.82) is 0 Å². The number of nitrogen functional groups attached to an aromatic ring is 1. The maximum Gasteiger partial charge on any atom is 0.292 e. The van der Waals surface area contributed by atoms with Gasteiger partial charge in [-0.1, -0.05) is 34.5 Å². The van der Waals surface area contributed by atoms with Crippen molar-refractivity contribution in [1.82, 2.24) is 35.6 Å². The molecule has 156 valence electrons. The van der Waals surface area contributed by atoms with Gasteiger partial charge in [-0.25, -0.2) is 10.1 Å². The molecule has 13 heteroatoms. The third kappa shape index (κ3) is 4.27. The highest BCUT2D eigenvalue weighted by Crippen LogP contribution is 2.20. The highest BCUT2D eigenvalue weighted by atomic mass is 35.5. The molecule has 1 aliphatic heterocycles. The van der Waals surface area contributed by atoms with Crippen molar-refractivity contribution in [3.63, 3.8) is 0 Å². The molecule has 0 radical (unpaired) electrons. The minimum atomic E-state index is -0.544. The Kier molecular flexibility index (Phi) is 5.93. The van der Waals surface area contributed by atoms with E-state index >= 15 is 0 Å². The number of nitrogens with one attached hydrogen (secondary N) is 1. The first-order chi connectivity index (χ1) is 14.5. The van der Waals surface area contributed by atoms with E-state index in [4.69, 9.17) is 28.9 Å². The average molecular weight is 450 g/mol. The number of hydrazone groups is 1. The lowest BCUT2D eigenvalue weighted by Gasteiger charge is -2.13. The number of benzene rings is 1. The van der Waals surface area contributed by atoms with Gasteiger partial charge in [0.1, 0.15) is 5.69 Å². The molecule has 1 fully saturated rings. The highest BCUT2D eigenvalue weighted by molar-refractivity contribution is 6.36. The Bertz CT molecular complexity index is 1090. The van der Waals surface area contributed by atoms with Crippen LogP contribution in [0.4, 0.5) is 5.82 Å². The van der Waals surface area contributed by atoms with E-state index < -0.39 is 5.91 Å². The second kappa shape index (κ2) is 8.78. The number of carbonyl (C=O) groups excluding carboxylic acids is 1. The number of amides is 1. The smallest absolute Gasteiger partial charge is 0.292 e. The van der Waals surface area contributed by atoms with E-state index in [0.717, 1.165) is 25.9 Å². The summed E-state index contributed by atoms with van der Waals surface area (Å²) in [7, 11) is 0. The van der Waals surface area contributed by atoms with Crippen molar-refractivity contribution in [2.45, 2.75) is 19.4 Å². The van der Waals surface area contributed by atoms with Gasteiger partial charge in [0.05, 0.1) is 11.2 Å². The Hall–Kier alpha value is -3.02. The summed E-state index contributed by atoms with van der Waals surface area (Å²) < 4.78 is 5.82. The Morgan fingerprint density at radius 1 is 1.30 bits per heavy atom. The predicted molar refractivity (Wildman–Crippen MR) is 110 cm³/mol. The molecule has 0 aliphatic carbocycles. The molecule has 3 heterocycles. The fourth-order valence-electron chi connectivity index (χ4n) is 3.11. The number of aromatic nitrogens is 5. The van der Waals surface area contributed by atoms with Crippen LogP contribution in [0.3, 0.4) is 0 Å². The summed E-state index contributed by atoms with van der Waals surface area (Å²) in [6.45, 7) is 2.31. The number of hydrogen-bond donors (Lipinski definition) is 2. The molecule has 1 amide bonds. The molecule has 0 unspecified atom stereocenters. The van der Waals surface area contributed by atoms with Crippen LogP contribution in [0.25, 0.3) is 5.82 Å². The molecule has 4 rings (SSSR count). The Morgan fingerprint density at radius 2 is 2.10 bits per heavy atom. The first-order valence-electron chi connectivity index (χ1n) is 9.06. The van der Waals surface area contributed by atoms with Gasteiger partial charge in [0.25, 0.3) is 5.91 Å². The third-order valence-electron chi connectivity index (χ3n) is 4.56. The molecule has 3 aromatic rings. The summed E-state index contributed by atoms with van der Waals surface area (Å²) in [5.74, 6) is -0.485. The third-order valence-corrected chi connectivity index (χ3v) is 5.12. The quantitative estimate of drug-likeness (QED) is 0.429. The van der Waals surface area contributed by atoms with Crippen LogP contribution in [0.5, 0.6) is 0 Å². The molecule has 0 saturated carbocycles. The Balaban J connectivity index is 1.60. The molecular formula is C17H17Cl2N9O2. The predicted octanol–water partition coefficient (Wildman–Crippen LogP) is 1.90. The molecule has 0 bridgehead atoms. The molecule has 0 spiro atoms. The van der Waals surface area contributed by atoms with Gasteiger partial charge in [0.15, 0.2) is 5.69 Å². The average Bonchev–Trinajstić information content (AvgIpc) is 3.45. The van der Waals surface area contributed by atoms with Crippen LogP contribution in [0, 0.1) is 0 Å². The van der Waals surface area contributed by atoms with Crippen molar-refractivity contribution >= 4 is 41.1 Å². The highest BCUT2D eigenvalue weighted by Gasteiger charge is 2.26. The molecule has 2 aromatic heterocycles. The first kappa shape index (κ1) is 20.3. The fraction of sp³-hybridized carbons (Fsp3) is 0.294. The zero-order valence-corrected chi connectivity index (χ0v) is 17.1. The van der Waals surface area contributed by atoms with E-state index in [2.05, 4.69) is 40.7 Å².